The van der Waals surface area contributed by atoms with E-state index in [1.54, 1.807) is 23.2 Å². The molecule has 34 heavy (non-hydrogen) atoms. The molecule has 11 heteroatoms. The molecule has 2 aromatic rings. The first kappa shape index (κ1) is 25.2. The first-order valence-corrected chi connectivity index (χ1v) is 13.4. The molecule has 0 spiro atoms. The molecular formula is C23H30Cl2N4O4S. The summed E-state index contributed by atoms with van der Waals surface area (Å²) < 4.78 is 35.7. The van der Waals surface area contributed by atoms with Gasteiger partial charge >= 0.3 is 16.3 Å². The molecule has 1 amide bonds. The Morgan fingerprint density at radius 1 is 1.32 bits per heavy atom. The lowest BCUT2D eigenvalue weighted by atomic mass is 9.98. The Bertz CT molecular complexity index is 1220. The van der Waals surface area contributed by atoms with E-state index in [4.69, 9.17) is 27.9 Å². The third-order valence-electron chi connectivity index (χ3n) is 6.04. The van der Waals surface area contributed by atoms with Gasteiger partial charge in [-0.3, -0.25) is 4.31 Å². The van der Waals surface area contributed by atoms with Gasteiger partial charge in [0.15, 0.2) is 0 Å². The molecule has 1 N–H and O–H groups in total. The van der Waals surface area contributed by atoms with Crippen molar-refractivity contribution in [3.8, 4) is 0 Å². The summed E-state index contributed by atoms with van der Waals surface area (Å²) in [7, 11) is -3.85. The topological polar surface area (TPSA) is 85.9 Å². The van der Waals surface area contributed by atoms with Gasteiger partial charge in [-0.2, -0.15) is 12.7 Å². The number of H-pyrrole nitrogens is 1. The van der Waals surface area contributed by atoms with Gasteiger partial charge in [0.05, 0.1) is 27.8 Å². The van der Waals surface area contributed by atoms with Crippen LogP contribution in [-0.2, 0) is 21.5 Å². The van der Waals surface area contributed by atoms with Gasteiger partial charge in [0.2, 0.25) is 0 Å². The Balaban J connectivity index is 1.63. The number of halogens is 2. The maximum atomic E-state index is 13.7. The number of carbonyl (C=O) groups is 1. The zero-order valence-electron chi connectivity index (χ0n) is 19.6. The number of amides is 1. The SMILES string of the molecule is C=CCN1c2c(cc(Cl)c3c(Cl)c[nH]c23)CN(CC2CCCN(C(=O)OC(C)(C)C)C2)S1(=O)=O. The third kappa shape index (κ3) is 4.76. The monoisotopic (exact) mass is 528 g/mol. The number of nitrogens with one attached hydrogen (secondary N) is 1. The minimum atomic E-state index is -3.85. The number of aromatic amines is 1. The van der Waals surface area contributed by atoms with Crippen LogP contribution in [0.2, 0.25) is 10.0 Å². The Morgan fingerprint density at radius 2 is 2.06 bits per heavy atom. The molecule has 1 fully saturated rings. The van der Waals surface area contributed by atoms with Gasteiger partial charge in [-0.15, -0.1) is 6.58 Å². The number of carbonyl (C=O) groups excluding carboxylic acids is 1. The molecule has 3 heterocycles. The zero-order chi connectivity index (χ0) is 24.8. The number of likely N-dealkylation sites (tertiary alicyclic amines) is 1. The molecule has 0 bridgehead atoms. The summed E-state index contributed by atoms with van der Waals surface area (Å²) in [5, 5.41) is 1.50. The summed E-state index contributed by atoms with van der Waals surface area (Å²) >= 11 is 12.8. The summed E-state index contributed by atoms with van der Waals surface area (Å²) in [5.41, 5.74) is 1.33. The van der Waals surface area contributed by atoms with Crippen LogP contribution < -0.4 is 4.31 Å². The Hall–Kier alpha value is -1.94. The van der Waals surface area contributed by atoms with Crippen molar-refractivity contribution in [3.63, 3.8) is 0 Å². The van der Waals surface area contributed by atoms with Gasteiger partial charge in [0.25, 0.3) is 0 Å². The van der Waals surface area contributed by atoms with Gasteiger partial charge in [-0.05, 0) is 51.2 Å². The van der Waals surface area contributed by atoms with Gasteiger partial charge < -0.3 is 14.6 Å². The second kappa shape index (κ2) is 9.26. The Morgan fingerprint density at radius 3 is 2.74 bits per heavy atom. The number of ether oxygens (including phenoxy) is 1. The Labute approximate surface area is 210 Å². The lowest BCUT2D eigenvalue weighted by Crippen LogP contribution is -2.51. The number of benzene rings is 1. The summed E-state index contributed by atoms with van der Waals surface area (Å²) in [6.07, 6.45) is 4.41. The van der Waals surface area contributed by atoms with Crippen molar-refractivity contribution < 1.29 is 17.9 Å². The molecule has 8 nitrogen and oxygen atoms in total. The summed E-state index contributed by atoms with van der Waals surface area (Å²) in [4.78, 5) is 17.3. The normalized spacial score (nSPS) is 20.9. The van der Waals surface area contributed by atoms with Crippen molar-refractivity contribution in [2.75, 3.05) is 30.5 Å². The van der Waals surface area contributed by atoms with Crippen molar-refractivity contribution >= 4 is 56.1 Å². The first-order chi connectivity index (χ1) is 15.9. The smallest absolute Gasteiger partial charge is 0.410 e. The number of hydrogen-bond acceptors (Lipinski definition) is 4. The predicted octanol–water partition coefficient (Wildman–Crippen LogP) is 5.17. The van der Waals surface area contributed by atoms with Gasteiger partial charge in [-0.25, -0.2) is 4.79 Å². The van der Waals surface area contributed by atoms with Crippen LogP contribution in [0.1, 0.15) is 39.2 Å². The number of aromatic nitrogens is 1. The van der Waals surface area contributed by atoms with Crippen molar-refractivity contribution in [1.29, 1.82) is 0 Å². The van der Waals surface area contributed by atoms with Crippen LogP contribution in [0.4, 0.5) is 10.5 Å². The van der Waals surface area contributed by atoms with E-state index in [-0.39, 0.29) is 31.6 Å². The van der Waals surface area contributed by atoms with E-state index < -0.39 is 15.8 Å². The lowest BCUT2D eigenvalue weighted by molar-refractivity contribution is 0.0156. The zero-order valence-corrected chi connectivity index (χ0v) is 21.9. The average Bonchev–Trinajstić information content (AvgIpc) is 3.12. The molecule has 0 saturated carbocycles. The third-order valence-corrected chi connectivity index (χ3v) is 8.46. The summed E-state index contributed by atoms with van der Waals surface area (Å²) in [6, 6.07) is 1.78. The van der Waals surface area contributed by atoms with E-state index >= 15 is 0 Å². The highest BCUT2D eigenvalue weighted by atomic mass is 35.5. The highest BCUT2D eigenvalue weighted by molar-refractivity contribution is 7.90. The number of hydrogen-bond donors (Lipinski definition) is 1. The van der Waals surface area contributed by atoms with E-state index in [1.807, 2.05) is 20.8 Å². The molecule has 0 aliphatic carbocycles. The maximum absolute atomic E-state index is 13.7. The minimum absolute atomic E-state index is 0.0118. The molecular weight excluding hydrogens is 499 g/mol. The first-order valence-electron chi connectivity index (χ1n) is 11.3. The summed E-state index contributed by atoms with van der Waals surface area (Å²) in [6.45, 7) is 10.9. The van der Waals surface area contributed by atoms with Crippen molar-refractivity contribution in [1.82, 2.24) is 14.2 Å². The van der Waals surface area contributed by atoms with E-state index in [9.17, 15) is 13.2 Å². The molecule has 1 atom stereocenters. The molecule has 1 aromatic carbocycles. The van der Waals surface area contributed by atoms with Crippen LogP contribution in [0.3, 0.4) is 0 Å². The minimum Gasteiger partial charge on any atom is -0.444 e. The summed E-state index contributed by atoms with van der Waals surface area (Å²) in [5.74, 6) is -0.0118. The average molecular weight is 529 g/mol. The Kier molecular flexibility index (Phi) is 6.85. The predicted molar refractivity (Wildman–Crippen MR) is 136 cm³/mol. The van der Waals surface area contributed by atoms with Crippen molar-refractivity contribution in [2.45, 2.75) is 45.8 Å². The number of nitrogens with zero attached hydrogens (tertiary/aromatic N) is 3. The largest absolute Gasteiger partial charge is 0.444 e. The molecule has 186 valence electrons. The fourth-order valence-corrected chi connectivity index (χ4v) is 7.00. The lowest BCUT2D eigenvalue weighted by Gasteiger charge is -2.40. The van der Waals surface area contributed by atoms with Crippen LogP contribution in [-0.4, -0.2) is 60.5 Å². The van der Waals surface area contributed by atoms with Gasteiger partial charge in [-0.1, -0.05) is 29.3 Å². The van der Waals surface area contributed by atoms with Crippen LogP contribution in [0, 0.1) is 5.92 Å². The van der Waals surface area contributed by atoms with Crippen LogP contribution in [0.15, 0.2) is 24.9 Å². The number of rotatable bonds is 4. The maximum Gasteiger partial charge on any atom is 0.410 e. The fraction of sp³-hybridized carbons (Fsp3) is 0.522. The molecule has 1 saturated heterocycles. The molecule has 4 rings (SSSR count). The second-order valence-corrected chi connectivity index (χ2v) is 12.5. The highest BCUT2D eigenvalue weighted by Crippen LogP contribution is 2.43. The standard InChI is InChI=1S/C23H30Cl2N4O4S/c1-5-8-29-21-16(10-17(24)19-18(25)11-26-20(19)21)14-28(34(29,31)32)13-15-7-6-9-27(12-15)22(30)33-23(2,3)4/h5,10-11,15,26H,1,6-9,12-14H2,2-4H3. The van der Waals surface area contributed by atoms with Crippen molar-refractivity contribution in [2.24, 2.45) is 5.92 Å². The number of fused-ring (bicyclic) bond motifs is 3. The van der Waals surface area contributed by atoms with E-state index in [0.717, 1.165) is 18.4 Å². The molecule has 0 radical (unpaired) electrons. The van der Waals surface area contributed by atoms with Gasteiger partial charge in [0.1, 0.15) is 5.60 Å². The van der Waals surface area contributed by atoms with Gasteiger partial charge in [0, 0.05) is 37.8 Å². The van der Waals surface area contributed by atoms with Crippen LogP contribution in [0.5, 0.6) is 0 Å². The quantitative estimate of drug-likeness (QED) is 0.554. The number of anilines is 1. The van der Waals surface area contributed by atoms with Crippen molar-refractivity contribution in [3.05, 3.63) is 40.5 Å². The molecule has 2 aliphatic heterocycles. The number of piperidine rings is 1. The molecule has 1 unspecified atom stereocenters. The van der Waals surface area contributed by atoms with E-state index in [2.05, 4.69) is 11.6 Å². The second-order valence-electron chi connectivity index (χ2n) is 9.81. The molecule has 1 aromatic heterocycles. The highest BCUT2D eigenvalue weighted by Gasteiger charge is 2.40. The fourth-order valence-electron chi connectivity index (χ4n) is 4.66. The molecule has 2 aliphatic rings. The van der Waals surface area contributed by atoms with E-state index in [0.29, 0.717) is 39.7 Å². The van der Waals surface area contributed by atoms with Crippen LogP contribution in [0.25, 0.3) is 10.9 Å². The van der Waals surface area contributed by atoms with E-state index in [1.165, 1.54) is 8.61 Å². The van der Waals surface area contributed by atoms with Crippen LogP contribution >= 0.6 is 23.2 Å².